The molecule has 1 saturated carbocycles. The quantitative estimate of drug-likeness (QED) is 0.699. The molecular formula is C14H23F3N3OS2+. The van der Waals surface area contributed by atoms with E-state index in [2.05, 4.69) is 5.43 Å². The van der Waals surface area contributed by atoms with Gasteiger partial charge >= 0.3 is 6.18 Å². The summed E-state index contributed by atoms with van der Waals surface area (Å²) in [5.41, 5.74) is 8.92. The molecule has 9 heteroatoms. The van der Waals surface area contributed by atoms with Crippen LogP contribution in [0.25, 0.3) is 0 Å². The second-order valence-electron chi connectivity index (χ2n) is 6.54. The Labute approximate surface area is 142 Å². The first-order chi connectivity index (χ1) is 10.9. The molecule has 0 radical (unpaired) electrons. The van der Waals surface area contributed by atoms with E-state index in [1.165, 1.54) is 11.8 Å². The normalized spacial score (nSPS) is 42.1. The van der Waals surface area contributed by atoms with Gasteiger partial charge in [-0.25, -0.2) is 5.01 Å². The fraction of sp³-hybridized carbons (Fsp3) is 0.929. The lowest BCUT2D eigenvalue weighted by atomic mass is 9.85. The van der Waals surface area contributed by atoms with Crippen LogP contribution in [0.15, 0.2) is 0 Å². The van der Waals surface area contributed by atoms with Crippen LogP contribution < -0.4 is 16.2 Å². The number of Topliss-reactive ketones (excluding diaryl/α,β-unsaturated/α-hetero) is 1. The van der Waals surface area contributed by atoms with Crippen LogP contribution in [0, 0.1) is 5.92 Å². The second kappa shape index (κ2) is 7.11. The van der Waals surface area contributed by atoms with Crippen LogP contribution in [0.2, 0.25) is 0 Å². The number of alkyl halides is 3. The molecule has 2 saturated heterocycles. The van der Waals surface area contributed by atoms with Crippen LogP contribution in [-0.4, -0.2) is 39.9 Å². The number of hydrogen-bond acceptors (Lipinski definition) is 5. The molecule has 0 spiro atoms. The van der Waals surface area contributed by atoms with Crippen molar-refractivity contribution in [3.63, 3.8) is 0 Å². The van der Waals surface area contributed by atoms with Crippen LogP contribution in [0.4, 0.5) is 13.2 Å². The van der Waals surface area contributed by atoms with E-state index in [0.29, 0.717) is 6.42 Å². The van der Waals surface area contributed by atoms with Crippen LogP contribution >= 0.6 is 23.5 Å². The maximum atomic E-state index is 13.0. The van der Waals surface area contributed by atoms with Gasteiger partial charge in [0.25, 0.3) is 0 Å². The Balaban J connectivity index is 1.61. The van der Waals surface area contributed by atoms with E-state index in [0.717, 1.165) is 30.0 Å². The van der Waals surface area contributed by atoms with Crippen molar-refractivity contribution in [1.82, 2.24) is 5.43 Å². The molecule has 6 unspecified atom stereocenters. The number of halogens is 3. The molecular weight excluding hydrogens is 347 g/mol. The number of carbonyl (C=O) groups excluding carboxylic acids is 1. The van der Waals surface area contributed by atoms with Gasteiger partial charge in [0.15, 0.2) is 11.2 Å². The first kappa shape index (κ1) is 17.8. The minimum absolute atomic E-state index is 0.0147. The summed E-state index contributed by atoms with van der Waals surface area (Å²) < 4.78 is 39.0. The Morgan fingerprint density at radius 1 is 1.22 bits per heavy atom. The molecule has 0 aromatic heterocycles. The predicted molar refractivity (Wildman–Crippen MR) is 85.7 cm³/mol. The smallest absolute Gasteiger partial charge is 0.295 e. The zero-order valence-corrected chi connectivity index (χ0v) is 14.4. The minimum atomic E-state index is -4.13. The van der Waals surface area contributed by atoms with Crippen molar-refractivity contribution in [2.45, 2.75) is 66.9 Å². The molecule has 1 aliphatic carbocycles. The van der Waals surface area contributed by atoms with Gasteiger partial charge < -0.3 is 0 Å². The highest BCUT2D eigenvalue weighted by atomic mass is 32.2. The van der Waals surface area contributed by atoms with Crippen molar-refractivity contribution in [2.75, 3.05) is 5.75 Å². The highest BCUT2D eigenvalue weighted by Gasteiger charge is 2.49. The van der Waals surface area contributed by atoms with Crippen molar-refractivity contribution in [3.05, 3.63) is 0 Å². The van der Waals surface area contributed by atoms with Crippen LogP contribution in [-0.2, 0) is 4.79 Å². The molecule has 2 aliphatic heterocycles. The van der Waals surface area contributed by atoms with Crippen LogP contribution in [0.1, 0.15) is 38.5 Å². The molecule has 132 valence electrons. The van der Waals surface area contributed by atoms with Crippen molar-refractivity contribution >= 4 is 29.3 Å². The summed E-state index contributed by atoms with van der Waals surface area (Å²) in [6.07, 6.45) is -0.596. The zero-order valence-electron chi connectivity index (χ0n) is 12.8. The molecule has 3 rings (SSSR count). The summed E-state index contributed by atoms with van der Waals surface area (Å²) in [6.45, 7) is 0. The van der Waals surface area contributed by atoms with E-state index in [9.17, 15) is 18.0 Å². The van der Waals surface area contributed by atoms with E-state index in [1.54, 1.807) is 11.8 Å². The van der Waals surface area contributed by atoms with Gasteiger partial charge in [-0.3, -0.25) is 10.5 Å². The van der Waals surface area contributed by atoms with Crippen molar-refractivity contribution in [2.24, 2.45) is 11.7 Å². The minimum Gasteiger partial charge on any atom is -0.295 e. The number of ketones is 1. The van der Waals surface area contributed by atoms with Crippen molar-refractivity contribution in [3.8, 4) is 0 Å². The molecule has 6 atom stereocenters. The van der Waals surface area contributed by atoms with E-state index < -0.39 is 12.1 Å². The Hall–Kier alpha value is 0.0400. The van der Waals surface area contributed by atoms with Gasteiger partial charge in [0.1, 0.15) is 6.04 Å². The lowest BCUT2D eigenvalue weighted by Gasteiger charge is -2.34. The third-order valence-corrected chi connectivity index (χ3v) is 7.53. The fourth-order valence-corrected chi connectivity index (χ4v) is 6.26. The highest BCUT2D eigenvalue weighted by Crippen LogP contribution is 2.37. The summed E-state index contributed by atoms with van der Waals surface area (Å²) in [7, 11) is 0. The van der Waals surface area contributed by atoms with Crippen LogP contribution in [0.3, 0.4) is 0 Å². The molecule has 0 bridgehead atoms. The summed E-state index contributed by atoms with van der Waals surface area (Å²) >= 11 is 3.03. The maximum absolute atomic E-state index is 13.0. The second-order valence-corrected chi connectivity index (χ2v) is 9.10. The molecule has 0 aromatic carbocycles. The van der Waals surface area contributed by atoms with Gasteiger partial charge in [0.2, 0.25) is 5.50 Å². The topological polar surface area (TPSA) is 59.6 Å². The number of carbonyl (C=O) groups is 1. The zero-order chi connectivity index (χ0) is 16.6. The van der Waals surface area contributed by atoms with E-state index in [4.69, 9.17) is 5.73 Å². The molecule has 2 heterocycles. The number of thioether (sulfide) groups is 2. The van der Waals surface area contributed by atoms with Gasteiger partial charge in [-0.05, 0) is 43.2 Å². The number of hydrogen-bond donors (Lipinski definition) is 3. The van der Waals surface area contributed by atoms with Crippen molar-refractivity contribution in [1.29, 1.82) is 0 Å². The first-order valence-corrected chi connectivity index (χ1v) is 10.1. The van der Waals surface area contributed by atoms with E-state index in [1.807, 2.05) is 0 Å². The monoisotopic (exact) mass is 370 g/mol. The predicted octanol–water partition coefficient (Wildman–Crippen LogP) is 1.28. The number of nitrogens with one attached hydrogen (secondary N) is 2. The van der Waals surface area contributed by atoms with Gasteiger partial charge in [-0.1, -0.05) is 0 Å². The van der Waals surface area contributed by atoms with E-state index in [-0.39, 0.29) is 40.8 Å². The largest absolute Gasteiger partial charge is 0.392 e. The number of nitrogens with two attached hydrogens (primary N) is 1. The first-order valence-electron chi connectivity index (χ1n) is 8.12. The summed E-state index contributed by atoms with van der Waals surface area (Å²) in [5.74, 6) is -0.0919. The van der Waals surface area contributed by atoms with E-state index >= 15 is 0 Å². The molecule has 0 amide bonds. The van der Waals surface area contributed by atoms with Gasteiger partial charge in [-0.2, -0.15) is 24.9 Å². The third-order valence-electron chi connectivity index (χ3n) is 4.97. The molecule has 4 nitrogen and oxygen atoms in total. The maximum Gasteiger partial charge on any atom is 0.392 e. The fourth-order valence-electron chi connectivity index (χ4n) is 3.72. The average molecular weight is 370 g/mol. The molecule has 0 aromatic rings. The highest BCUT2D eigenvalue weighted by molar-refractivity contribution is 8.02. The Bertz CT molecular complexity index is 445. The Kier molecular flexibility index (Phi) is 5.52. The van der Waals surface area contributed by atoms with Gasteiger partial charge in [-0.15, -0.1) is 5.43 Å². The summed E-state index contributed by atoms with van der Waals surface area (Å²) in [6, 6.07) is -0.174. The number of quaternary nitrogens is 1. The third kappa shape index (κ3) is 4.00. The van der Waals surface area contributed by atoms with Gasteiger partial charge in [0, 0.05) is 12.8 Å². The molecule has 4 N–H and O–H groups in total. The Morgan fingerprint density at radius 2 is 2.00 bits per heavy atom. The summed E-state index contributed by atoms with van der Waals surface area (Å²) in [5, 5.41) is 0.382. The summed E-state index contributed by atoms with van der Waals surface area (Å²) in [4.78, 5) is 12.5. The van der Waals surface area contributed by atoms with Gasteiger partial charge in [0.05, 0.1) is 11.2 Å². The molecule has 23 heavy (non-hydrogen) atoms. The number of rotatable bonds is 3. The average Bonchev–Trinajstić information content (AvgIpc) is 3.15. The molecule has 3 fully saturated rings. The lowest BCUT2D eigenvalue weighted by Crippen LogP contribution is -3.24. The van der Waals surface area contributed by atoms with Crippen molar-refractivity contribution < 1.29 is 23.0 Å². The standard InChI is InChI=1S/C14H22F3N3OS2/c15-14(16,17)8-3-1-4-9(7-8)20-13(18)23-12(19-20)11(21)10-5-2-6-22-10/h8-10,12-13,19H,1-7,18H2/p+1. The lowest BCUT2D eigenvalue weighted by molar-refractivity contribution is -0.974. The molecule has 3 aliphatic rings. The Morgan fingerprint density at radius 3 is 2.65 bits per heavy atom. The van der Waals surface area contributed by atoms with Crippen LogP contribution in [0.5, 0.6) is 0 Å². The SMILES string of the molecule is NC1SC(C(=O)C2CCCS2)N[NH+]1C1CCCC(C(F)(F)F)C1.